The van der Waals surface area contributed by atoms with Crippen LogP contribution in [0.3, 0.4) is 0 Å². The fourth-order valence-corrected chi connectivity index (χ4v) is 3.01. The minimum absolute atomic E-state index is 0.00460. The second kappa shape index (κ2) is 5.61. The number of hydrogen-bond acceptors (Lipinski definition) is 5. The Bertz CT molecular complexity index is 575. The van der Waals surface area contributed by atoms with Crippen molar-refractivity contribution in [3.8, 4) is 11.5 Å². The summed E-state index contributed by atoms with van der Waals surface area (Å²) in [6.07, 6.45) is 4.96. The highest BCUT2D eigenvalue weighted by Gasteiger charge is 2.40. The molecule has 0 aromatic carbocycles. The van der Waals surface area contributed by atoms with Gasteiger partial charge in [-0.1, -0.05) is 18.5 Å². The van der Waals surface area contributed by atoms with Crippen molar-refractivity contribution in [1.82, 2.24) is 20.4 Å². The van der Waals surface area contributed by atoms with Gasteiger partial charge in [0.15, 0.2) is 0 Å². The Morgan fingerprint density at radius 3 is 3.00 bits per heavy atom. The van der Waals surface area contributed by atoms with Crippen molar-refractivity contribution in [2.75, 3.05) is 13.1 Å². The fraction of sp³-hybridized carbons (Fsp3) is 0.500. The lowest BCUT2D eigenvalue weighted by molar-refractivity contribution is 0.277. The molecule has 3 heterocycles. The Morgan fingerprint density at radius 2 is 2.35 bits per heavy atom. The van der Waals surface area contributed by atoms with E-state index in [4.69, 9.17) is 4.52 Å². The molecule has 5 nitrogen and oxygen atoms in total. The molecule has 1 atom stereocenters. The van der Waals surface area contributed by atoms with Crippen molar-refractivity contribution in [2.45, 2.75) is 31.6 Å². The van der Waals surface area contributed by atoms with E-state index in [0.717, 1.165) is 48.4 Å². The number of halogens is 1. The Hall–Kier alpha value is -1.27. The summed E-state index contributed by atoms with van der Waals surface area (Å²) in [5, 5.41) is 7.50. The third-order valence-electron chi connectivity index (χ3n) is 3.81. The molecule has 20 heavy (non-hydrogen) atoms. The highest BCUT2D eigenvalue weighted by atomic mass is 79.9. The van der Waals surface area contributed by atoms with Crippen molar-refractivity contribution in [3.63, 3.8) is 0 Å². The summed E-state index contributed by atoms with van der Waals surface area (Å²) in [4.78, 5) is 8.90. The van der Waals surface area contributed by atoms with Crippen LogP contribution in [0.4, 0.5) is 0 Å². The predicted octanol–water partition coefficient (Wildman–Crippen LogP) is 2.93. The molecule has 0 amide bonds. The van der Waals surface area contributed by atoms with E-state index in [1.165, 1.54) is 0 Å². The number of hydrogen-bond donors (Lipinski definition) is 1. The maximum Gasteiger partial charge on any atom is 0.234 e. The molecule has 0 spiro atoms. The number of pyridine rings is 1. The van der Waals surface area contributed by atoms with Gasteiger partial charge in [0.05, 0.1) is 5.41 Å². The van der Waals surface area contributed by atoms with Crippen LogP contribution < -0.4 is 5.32 Å². The zero-order valence-corrected chi connectivity index (χ0v) is 13.0. The quantitative estimate of drug-likeness (QED) is 0.929. The second-order valence-electron chi connectivity index (χ2n) is 5.24. The predicted molar refractivity (Wildman–Crippen MR) is 79.3 cm³/mol. The van der Waals surface area contributed by atoms with Gasteiger partial charge >= 0.3 is 0 Å². The Kier molecular flexibility index (Phi) is 3.85. The fourth-order valence-electron chi connectivity index (χ4n) is 2.78. The molecule has 0 bridgehead atoms. The van der Waals surface area contributed by atoms with Crippen LogP contribution in [0.25, 0.3) is 11.5 Å². The zero-order valence-electron chi connectivity index (χ0n) is 11.4. The molecule has 1 aliphatic heterocycles. The van der Waals surface area contributed by atoms with Gasteiger partial charge in [0, 0.05) is 17.2 Å². The van der Waals surface area contributed by atoms with E-state index in [-0.39, 0.29) is 5.41 Å². The average molecular weight is 337 g/mol. The average Bonchev–Trinajstić information content (AvgIpc) is 3.09. The molecule has 0 radical (unpaired) electrons. The van der Waals surface area contributed by atoms with Crippen molar-refractivity contribution in [3.05, 3.63) is 28.7 Å². The van der Waals surface area contributed by atoms with Crippen molar-refractivity contribution in [2.24, 2.45) is 0 Å². The molecule has 3 rings (SSSR count). The molecular weight excluding hydrogens is 320 g/mol. The molecule has 0 saturated carbocycles. The van der Waals surface area contributed by atoms with Gasteiger partial charge in [-0.2, -0.15) is 4.98 Å². The third kappa shape index (κ3) is 2.50. The highest BCUT2D eigenvalue weighted by Crippen LogP contribution is 2.35. The molecule has 0 aliphatic carbocycles. The number of rotatable bonds is 4. The Labute approximate surface area is 126 Å². The van der Waals surface area contributed by atoms with Crippen molar-refractivity contribution >= 4 is 15.9 Å². The molecule has 1 aliphatic rings. The van der Waals surface area contributed by atoms with Crippen LogP contribution in [0.5, 0.6) is 0 Å². The first-order valence-electron chi connectivity index (χ1n) is 6.90. The summed E-state index contributed by atoms with van der Waals surface area (Å²) in [6.45, 7) is 4.11. The van der Waals surface area contributed by atoms with Gasteiger partial charge < -0.3 is 9.84 Å². The lowest BCUT2D eigenvalue weighted by Gasteiger charge is -2.22. The lowest BCUT2D eigenvalue weighted by atomic mass is 9.82. The molecule has 106 valence electrons. The van der Waals surface area contributed by atoms with Crippen molar-refractivity contribution in [1.29, 1.82) is 0 Å². The molecule has 2 aromatic heterocycles. The summed E-state index contributed by atoms with van der Waals surface area (Å²) in [5.74, 6) is 1.30. The van der Waals surface area contributed by atoms with E-state index in [2.05, 4.69) is 43.3 Å². The van der Waals surface area contributed by atoms with Gasteiger partial charge in [-0.25, -0.2) is 0 Å². The minimum atomic E-state index is -0.00460. The van der Waals surface area contributed by atoms with E-state index in [1.54, 1.807) is 6.20 Å². The molecular formula is C14H17BrN4O. The molecule has 2 aromatic rings. The first-order chi connectivity index (χ1) is 9.73. The summed E-state index contributed by atoms with van der Waals surface area (Å²) >= 11 is 3.37. The standard InChI is InChI=1S/C14H17BrN4O/c1-2-5-14(6-7-16-9-14)13-18-12(19-20-13)11-4-3-10(15)8-17-11/h3-4,8,16H,2,5-7,9H2,1H3. The minimum Gasteiger partial charge on any atom is -0.338 e. The van der Waals surface area contributed by atoms with E-state index < -0.39 is 0 Å². The maximum absolute atomic E-state index is 5.54. The molecule has 6 heteroatoms. The third-order valence-corrected chi connectivity index (χ3v) is 4.28. The lowest BCUT2D eigenvalue weighted by Crippen LogP contribution is -2.29. The first kappa shape index (κ1) is 13.7. The SMILES string of the molecule is CCCC1(c2nc(-c3ccc(Br)cn3)no2)CCNC1. The Balaban J connectivity index is 1.91. The number of nitrogens with zero attached hydrogens (tertiary/aromatic N) is 3. The van der Waals surface area contributed by atoms with Gasteiger partial charge in [-0.15, -0.1) is 0 Å². The number of aromatic nitrogens is 3. The van der Waals surface area contributed by atoms with Gasteiger partial charge in [-0.05, 0) is 47.4 Å². The summed E-state index contributed by atoms with van der Waals surface area (Å²) in [5.41, 5.74) is 0.732. The van der Waals surface area contributed by atoms with E-state index >= 15 is 0 Å². The van der Waals surface area contributed by atoms with Gasteiger partial charge in [0.2, 0.25) is 11.7 Å². The van der Waals surface area contributed by atoms with Crippen LogP contribution in [0.15, 0.2) is 27.3 Å². The van der Waals surface area contributed by atoms with E-state index in [1.807, 2.05) is 12.1 Å². The topological polar surface area (TPSA) is 63.8 Å². The maximum atomic E-state index is 5.54. The highest BCUT2D eigenvalue weighted by molar-refractivity contribution is 9.10. The summed E-state index contributed by atoms with van der Waals surface area (Å²) in [6, 6.07) is 3.81. The molecule has 1 unspecified atom stereocenters. The van der Waals surface area contributed by atoms with Crippen molar-refractivity contribution < 1.29 is 4.52 Å². The smallest absolute Gasteiger partial charge is 0.234 e. The van der Waals surface area contributed by atoms with Crippen LogP contribution in [-0.4, -0.2) is 28.2 Å². The molecule has 1 saturated heterocycles. The van der Waals surface area contributed by atoms with E-state index in [0.29, 0.717) is 5.82 Å². The van der Waals surface area contributed by atoms with Crippen LogP contribution in [0.1, 0.15) is 32.1 Å². The van der Waals surface area contributed by atoms with Crippen LogP contribution in [-0.2, 0) is 5.41 Å². The van der Waals surface area contributed by atoms with Crippen LogP contribution in [0, 0.1) is 0 Å². The number of nitrogens with one attached hydrogen (secondary N) is 1. The van der Waals surface area contributed by atoms with Gasteiger partial charge in [0.1, 0.15) is 5.69 Å². The zero-order chi connectivity index (χ0) is 14.0. The summed E-state index contributed by atoms with van der Waals surface area (Å²) < 4.78 is 6.47. The van der Waals surface area contributed by atoms with Gasteiger partial charge in [0.25, 0.3) is 0 Å². The van der Waals surface area contributed by atoms with Crippen LogP contribution in [0.2, 0.25) is 0 Å². The summed E-state index contributed by atoms with van der Waals surface area (Å²) in [7, 11) is 0. The monoisotopic (exact) mass is 336 g/mol. The first-order valence-corrected chi connectivity index (χ1v) is 7.70. The largest absolute Gasteiger partial charge is 0.338 e. The Morgan fingerprint density at radius 1 is 1.45 bits per heavy atom. The van der Waals surface area contributed by atoms with Gasteiger partial charge in [-0.3, -0.25) is 4.98 Å². The van der Waals surface area contributed by atoms with Crippen LogP contribution >= 0.6 is 15.9 Å². The molecule has 1 N–H and O–H groups in total. The molecule has 1 fully saturated rings. The normalized spacial score (nSPS) is 22.3. The van der Waals surface area contributed by atoms with E-state index in [9.17, 15) is 0 Å². The second-order valence-corrected chi connectivity index (χ2v) is 6.16.